The molecule has 0 aliphatic carbocycles. The molecule has 9 nitrogen and oxygen atoms in total. The second-order valence-electron chi connectivity index (χ2n) is 9.22. The SMILES string of the molecule is COc1cc(C(F)(F)F)ccc1-c1nnc(NC2CCCN(C(=O)OC(C)(C)C)C2)cc1C.NC=O. The van der Waals surface area contributed by atoms with Crippen LogP contribution in [0.3, 0.4) is 0 Å². The quantitative estimate of drug-likeness (QED) is 0.584. The molecular formula is C24H32F3N5O4. The third-order valence-corrected chi connectivity index (χ3v) is 5.19. The Morgan fingerprint density at radius 2 is 1.89 bits per heavy atom. The van der Waals surface area contributed by atoms with E-state index in [1.807, 2.05) is 20.8 Å². The van der Waals surface area contributed by atoms with Gasteiger partial charge in [-0.15, -0.1) is 10.2 Å². The van der Waals surface area contributed by atoms with Crippen molar-refractivity contribution in [3.63, 3.8) is 0 Å². The van der Waals surface area contributed by atoms with Crippen molar-refractivity contribution in [2.45, 2.75) is 58.4 Å². The van der Waals surface area contributed by atoms with E-state index in [0.717, 1.165) is 30.5 Å². The molecular weight excluding hydrogens is 479 g/mol. The molecule has 0 radical (unpaired) electrons. The Bertz CT molecular complexity index is 1060. The number of carbonyl (C=O) groups excluding carboxylic acids is 2. The molecule has 36 heavy (non-hydrogen) atoms. The number of primary amides is 1. The maximum Gasteiger partial charge on any atom is 0.416 e. The lowest BCUT2D eigenvalue weighted by molar-refractivity contribution is -0.137. The summed E-state index contributed by atoms with van der Waals surface area (Å²) in [6.07, 6.45) is -2.88. The van der Waals surface area contributed by atoms with Crippen LogP contribution in [0, 0.1) is 6.92 Å². The first-order valence-electron chi connectivity index (χ1n) is 11.3. The lowest BCUT2D eigenvalue weighted by atomic mass is 10.0. The number of aromatic nitrogens is 2. The molecule has 2 aromatic rings. The predicted molar refractivity (Wildman–Crippen MR) is 128 cm³/mol. The van der Waals surface area contributed by atoms with Crippen LogP contribution in [0.2, 0.25) is 0 Å². The summed E-state index contributed by atoms with van der Waals surface area (Å²) in [6, 6.07) is 5.05. The molecule has 3 rings (SSSR count). The minimum atomic E-state index is -4.46. The van der Waals surface area contributed by atoms with Gasteiger partial charge >= 0.3 is 12.3 Å². The first-order valence-corrected chi connectivity index (χ1v) is 11.3. The van der Waals surface area contributed by atoms with Gasteiger partial charge in [-0.25, -0.2) is 4.79 Å². The Hall–Kier alpha value is -3.57. The van der Waals surface area contributed by atoms with Crippen LogP contribution < -0.4 is 15.8 Å². The van der Waals surface area contributed by atoms with Crippen LogP contribution in [0.15, 0.2) is 24.3 Å². The summed E-state index contributed by atoms with van der Waals surface area (Å²) in [5.41, 5.74) is 4.40. The molecule has 1 aliphatic heterocycles. The minimum Gasteiger partial charge on any atom is -0.496 e. The van der Waals surface area contributed by atoms with Crippen molar-refractivity contribution in [2.24, 2.45) is 5.73 Å². The van der Waals surface area contributed by atoms with Gasteiger partial charge in [0.05, 0.1) is 18.4 Å². The number of nitrogens with zero attached hydrogens (tertiary/aromatic N) is 3. The molecule has 1 aliphatic rings. The molecule has 1 unspecified atom stereocenters. The molecule has 1 fully saturated rings. The molecule has 2 amide bonds. The number of carbonyl (C=O) groups is 2. The number of ether oxygens (including phenoxy) is 2. The lowest BCUT2D eigenvalue weighted by Gasteiger charge is -2.34. The fourth-order valence-corrected chi connectivity index (χ4v) is 3.68. The summed E-state index contributed by atoms with van der Waals surface area (Å²) in [5, 5.41) is 11.8. The van der Waals surface area contributed by atoms with Crippen LogP contribution in [0.4, 0.5) is 23.8 Å². The molecule has 0 saturated carbocycles. The molecule has 2 heterocycles. The Morgan fingerprint density at radius 1 is 1.22 bits per heavy atom. The number of rotatable bonds is 4. The van der Waals surface area contributed by atoms with Gasteiger partial charge in [0, 0.05) is 24.7 Å². The second-order valence-corrected chi connectivity index (χ2v) is 9.22. The highest BCUT2D eigenvalue weighted by Gasteiger charge is 2.32. The standard InChI is InChI=1S/C23H29F3N4O3.CH3NO/c1-14-11-19(27-16-7-6-10-30(13-16)21(31)33-22(2,3)4)28-29-20(14)17-9-8-15(23(24,25)26)12-18(17)32-5;2-1-3/h8-9,11-12,16H,6-7,10,13H2,1-5H3,(H,27,28);1H,(H2,2,3). The number of benzene rings is 1. The molecule has 1 atom stereocenters. The van der Waals surface area contributed by atoms with Crippen LogP contribution in [0.1, 0.15) is 44.7 Å². The average molecular weight is 512 g/mol. The van der Waals surface area contributed by atoms with Gasteiger partial charge in [0.1, 0.15) is 17.2 Å². The topological polar surface area (TPSA) is 120 Å². The normalized spacial score (nSPS) is 15.9. The third kappa shape index (κ3) is 7.99. The number of nitrogens with one attached hydrogen (secondary N) is 1. The maximum absolute atomic E-state index is 13.0. The zero-order chi connectivity index (χ0) is 27.1. The molecule has 1 saturated heterocycles. The highest BCUT2D eigenvalue weighted by atomic mass is 19.4. The van der Waals surface area contributed by atoms with E-state index in [4.69, 9.17) is 14.3 Å². The number of amides is 2. The van der Waals surface area contributed by atoms with E-state index in [1.54, 1.807) is 17.9 Å². The van der Waals surface area contributed by atoms with E-state index < -0.39 is 17.3 Å². The van der Waals surface area contributed by atoms with Gasteiger partial charge in [-0.05, 0) is 70.4 Å². The molecule has 12 heteroatoms. The monoisotopic (exact) mass is 511 g/mol. The number of methoxy groups -OCH3 is 1. The van der Waals surface area contributed by atoms with Crippen LogP contribution >= 0.6 is 0 Å². The number of likely N-dealkylation sites (tertiary alicyclic amines) is 1. The fraction of sp³-hybridized carbons (Fsp3) is 0.500. The molecule has 0 bridgehead atoms. The number of anilines is 1. The number of hydrogen-bond donors (Lipinski definition) is 2. The molecule has 0 spiro atoms. The van der Waals surface area contributed by atoms with E-state index in [2.05, 4.69) is 21.2 Å². The van der Waals surface area contributed by atoms with E-state index in [9.17, 15) is 18.0 Å². The summed E-state index contributed by atoms with van der Waals surface area (Å²) in [5.74, 6) is 0.599. The Balaban J connectivity index is 0.00000145. The first kappa shape index (κ1) is 28.7. The molecule has 3 N–H and O–H groups in total. The lowest BCUT2D eigenvalue weighted by Crippen LogP contribution is -2.47. The highest BCUT2D eigenvalue weighted by molar-refractivity contribution is 5.71. The summed E-state index contributed by atoms with van der Waals surface area (Å²) < 4.78 is 49.7. The van der Waals surface area contributed by atoms with Crippen molar-refractivity contribution in [2.75, 3.05) is 25.5 Å². The summed E-state index contributed by atoms with van der Waals surface area (Å²) in [7, 11) is 1.32. The Morgan fingerprint density at radius 3 is 2.44 bits per heavy atom. The summed E-state index contributed by atoms with van der Waals surface area (Å²) >= 11 is 0. The Labute approximate surface area is 208 Å². The zero-order valence-electron chi connectivity index (χ0n) is 21.0. The van der Waals surface area contributed by atoms with Crippen molar-refractivity contribution in [1.29, 1.82) is 0 Å². The predicted octanol–water partition coefficient (Wildman–Crippen LogP) is 4.39. The van der Waals surface area contributed by atoms with Gasteiger partial charge in [0.15, 0.2) is 0 Å². The van der Waals surface area contributed by atoms with E-state index in [-0.39, 0.29) is 24.3 Å². The number of aryl methyl sites for hydroxylation is 1. The smallest absolute Gasteiger partial charge is 0.416 e. The van der Waals surface area contributed by atoms with E-state index >= 15 is 0 Å². The van der Waals surface area contributed by atoms with Gasteiger partial charge in [0.2, 0.25) is 6.41 Å². The van der Waals surface area contributed by atoms with Crippen molar-refractivity contribution in [3.05, 3.63) is 35.4 Å². The third-order valence-electron chi connectivity index (χ3n) is 5.19. The number of nitrogens with two attached hydrogens (primary N) is 1. The average Bonchev–Trinajstić information content (AvgIpc) is 2.78. The van der Waals surface area contributed by atoms with Gasteiger partial charge in [-0.3, -0.25) is 4.79 Å². The van der Waals surface area contributed by atoms with Crippen LogP contribution in [-0.2, 0) is 15.7 Å². The van der Waals surface area contributed by atoms with Gasteiger partial charge < -0.3 is 25.4 Å². The number of hydrogen-bond acceptors (Lipinski definition) is 7. The van der Waals surface area contributed by atoms with Gasteiger partial charge in [-0.2, -0.15) is 13.2 Å². The van der Waals surface area contributed by atoms with Crippen molar-refractivity contribution in [1.82, 2.24) is 15.1 Å². The van der Waals surface area contributed by atoms with Crippen LogP contribution in [-0.4, -0.2) is 59.4 Å². The number of halogens is 3. The van der Waals surface area contributed by atoms with Crippen LogP contribution in [0.5, 0.6) is 5.75 Å². The molecule has 198 valence electrons. The highest BCUT2D eigenvalue weighted by Crippen LogP contribution is 2.37. The van der Waals surface area contributed by atoms with Crippen molar-refractivity contribution < 1.29 is 32.2 Å². The van der Waals surface area contributed by atoms with E-state index in [1.165, 1.54) is 13.2 Å². The second kappa shape index (κ2) is 11.9. The minimum absolute atomic E-state index is 0.0218. The first-order chi connectivity index (χ1) is 16.8. The Kier molecular flexibility index (Phi) is 9.48. The largest absolute Gasteiger partial charge is 0.496 e. The summed E-state index contributed by atoms with van der Waals surface area (Å²) in [4.78, 5) is 22.6. The van der Waals surface area contributed by atoms with Gasteiger partial charge in [0.25, 0.3) is 0 Å². The van der Waals surface area contributed by atoms with Crippen molar-refractivity contribution >= 4 is 18.3 Å². The van der Waals surface area contributed by atoms with Crippen molar-refractivity contribution in [3.8, 4) is 17.0 Å². The fourth-order valence-electron chi connectivity index (χ4n) is 3.68. The van der Waals surface area contributed by atoms with Gasteiger partial charge in [-0.1, -0.05) is 0 Å². The van der Waals surface area contributed by atoms with E-state index in [0.29, 0.717) is 30.2 Å². The zero-order valence-corrected chi connectivity index (χ0v) is 21.0. The summed E-state index contributed by atoms with van der Waals surface area (Å²) in [6.45, 7) is 8.40. The molecule has 1 aromatic carbocycles. The van der Waals surface area contributed by atoms with Crippen LogP contribution in [0.25, 0.3) is 11.3 Å². The number of alkyl halides is 3. The number of piperidine rings is 1. The molecule has 1 aromatic heterocycles. The maximum atomic E-state index is 13.0.